The van der Waals surface area contributed by atoms with E-state index < -0.39 is 21.7 Å². The number of carbonyl (C=O) groups is 1. The number of sulfonamides is 1. The lowest BCUT2D eigenvalue weighted by molar-refractivity contribution is -0.138. The van der Waals surface area contributed by atoms with Crippen molar-refractivity contribution < 1.29 is 26.5 Å². The highest BCUT2D eigenvalue weighted by atomic mass is 32.2. The molecule has 0 aliphatic carbocycles. The highest BCUT2D eigenvalue weighted by Crippen LogP contribution is 2.30. The summed E-state index contributed by atoms with van der Waals surface area (Å²) >= 11 is 0. The lowest BCUT2D eigenvalue weighted by Gasteiger charge is -2.37. The van der Waals surface area contributed by atoms with Gasteiger partial charge in [0.05, 0.1) is 0 Å². The van der Waals surface area contributed by atoms with Crippen LogP contribution in [-0.4, -0.2) is 79.9 Å². The standard InChI is InChI=1S/C23H28F2N4O4S/c1-16-22(21(33-26-16)6-4-17-3-5-19(24)15-20(17)25)34(31,32)29-9-7-18(8-10-29)23(30)28-13-11-27(2)12-14-28/h3-6,15,18H,7-14H2,1-2H3/b6-4+. The molecule has 184 valence electrons. The van der Waals surface area contributed by atoms with Gasteiger partial charge < -0.3 is 14.3 Å². The third-order valence-electron chi connectivity index (χ3n) is 6.43. The molecule has 2 saturated heterocycles. The number of amides is 1. The van der Waals surface area contributed by atoms with E-state index in [2.05, 4.69) is 10.1 Å². The summed E-state index contributed by atoms with van der Waals surface area (Å²) < 4.78 is 60.4. The van der Waals surface area contributed by atoms with Gasteiger partial charge in [0.2, 0.25) is 15.9 Å². The maximum atomic E-state index is 13.9. The van der Waals surface area contributed by atoms with E-state index in [0.717, 1.165) is 25.2 Å². The first-order valence-corrected chi connectivity index (χ1v) is 12.7. The Balaban J connectivity index is 1.46. The lowest BCUT2D eigenvalue weighted by Crippen LogP contribution is -2.51. The Labute approximate surface area is 197 Å². The second-order valence-electron chi connectivity index (χ2n) is 8.77. The molecular formula is C23H28F2N4O4S. The van der Waals surface area contributed by atoms with Gasteiger partial charge in [0, 0.05) is 56.8 Å². The average Bonchev–Trinajstić information content (AvgIpc) is 3.19. The summed E-state index contributed by atoms with van der Waals surface area (Å²) in [5, 5.41) is 3.79. The Hall–Kier alpha value is -2.63. The molecule has 0 bridgehead atoms. The summed E-state index contributed by atoms with van der Waals surface area (Å²) in [5.74, 6) is -1.61. The lowest BCUT2D eigenvalue weighted by atomic mass is 9.96. The van der Waals surface area contributed by atoms with Crippen LogP contribution in [0.25, 0.3) is 12.2 Å². The Kier molecular flexibility index (Phi) is 7.15. The molecule has 3 heterocycles. The van der Waals surface area contributed by atoms with E-state index in [9.17, 15) is 22.0 Å². The molecule has 2 aliphatic rings. The molecule has 34 heavy (non-hydrogen) atoms. The topological polar surface area (TPSA) is 87.0 Å². The molecule has 0 atom stereocenters. The number of nitrogens with zero attached hydrogens (tertiary/aromatic N) is 4. The van der Waals surface area contributed by atoms with Gasteiger partial charge >= 0.3 is 0 Å². The molecule has 0 spiro atoms. The smallest absolute Gasteiger partial charge is 0.248 e. The molecule has 2 aliphatic heterocycles. The number of piperidine rings is 1. The number of aromatic nitrogens is 1. The van der Waals surface area contributed by atoms with E-state index in [4.69, 9.17) is 4.52 Å². The highest BCUT2D eigenvalue weighted by molar-refractivity contribution is 7.89. The number of carbonyl (C=O) groups excluding carboxylic acids is 1. The van der Waals surface area contributed by atoms with E-state index in [1.165, 1.54) is 29.4 Å². The van der Waals surface area contributed by atoms with Gasteiger partial charge in [-0.15, -0.1) is 0 Å². The van der Waals surface area contributed by atoms with Crippen molar-refractivity contribution in [1.29, 1.82) is 0 Å². The average molecular weight is 495 g/mol. The van der Waals surface area contributed by atoms with Gasteiger partial charge in [0.1, 0.15) is 17.3 Å². The number of rotatable bonds is 5. The van der Waals surface area contributed by atoms with Crippen molar-refractivity contribution in [1.82, 2.24) is 19.3 Å². The molecule has 1 aromatic carbocycles. The van der Waals surface area contributed by atoms with Crippen molar-refractivity contribution in [2.24, 2.45) is 5.92 Å². The van der Waals surface area contributed by atoms with Crippen molar-refractivity contribution in [3.8, 4) is 0 Å². The molecule has 1 amide bonds. The van der Waals surface area contributed by atoms with Crippen LogP contribution >= 0.6 is 0 Å². The fourth-order valence-electron chi connectivity index (χ4n) is 4.36. The van der Waals surface area contributed by atoms with Crippen molar-refractivity contribution in [2.45, 2.75) is 24.7 Å². The highest BCUT2D eigenvalue weighted by Gasteiger charge is 2.37. The fraction of sp³-hybridized carbons (Fsp3) is 0.478. The first-order chi connectivity index (χ1) is 16.2. The molecule has 0 unspecified atom stereocenters. The van der Waals surface area contributed by atoms with Crippen LogP contribution in [0, 0.1) is 24.5 Å². The zero-order chi connectivity index (χ0) is 24.5. The minimum Gasteiger partial charge on any atom is -0.355 e. The molecule has 11 heteroatoms. The van der Waals surface area contributed by atoms with Crippen LogP contribution < -0.4 is 0 Å². The van der Waals surface area contributed by atoms with E-state index >= 15 is 0 Å². The van der Waals surface area contributed by atoms with E-state index in [-0.39, 0.29) is 46.8 Å². The SMILES string of the molecule is Cc1noc(/C=C/c2ccc(F)cc2F)c1S(=O)(=O)N1CCC(C(=O)N2CCN(C)CC2)CC1. The van der Waals surface area contributed by atoms with E-state index in [0.29, 0.717) is 25.9 Å². The second kappa shape index (κ2) is 9.93. The van der Waals surface area contributed by atoms with Gasteiger partial charge in [-0.05, 0) is 51.1 Å². The number of benzene rings is 1. The van der Waals surface area contributed by atoms with Gasteiger partial charge in [-0.1, -0.05) is 5.16 Å². The molecular weight excluding hydrogens is 466 g/mol. The number of hydrogen-bond acceptors (Lipinski definition) is 6. The van der Waals surface area contributed by atoms with Crippen molar-refractivity contribution in [3.05, 3.63) is 46.9 Å². The summed E-state index contributed by atoms with van der Waals surface area (Å²) in [6.45, 7) is 5.01. The Morgan fingerprint density at radius 2 is 1.76 bits per heavy atom. The Morgan fingerprint density at radius 3 is 2.41 bits per heavy atom. The molecule has 2 fully saturated rings. The van der Waals surface area contributed by atoms with Crippen molar-refractivity contribution in [3.63, 3.8) is 0 Å². The maximum absolute atomic E-state index is 13.9. The Bertz CT molecular complexity index is 1180. The van der Waals surface area contributed by atoms with Gasteiger partial charge in [-0.25, -0.2) is 17.2 Å². The molecule has 0 saturated carbocycles. The summed E-state index contributed by atoms with van der Waals surface area (Å²) in [6, 6.07) is 3.11. The van der Waals surface area contributed by atoms with Crippen LogP contribution in [0.15, 0.2) is 27.6 Å². The number of piperazine rings is 1. The first-order valence-electron chi connectivity index (χ1n) is 11.2. The van der Waals surface area contributed by atoms with Crippen LogP contribution in [0.4, 0.5) is 8.78 Å². The van der Waals surface area contributed by atoms with E-state index in [1.807, 2.05) is 11.9 Å². The third-order valence-corrected chi connectivity index (χ3v) is 8.48. The number of hydrogen-bond donors (Lipinski definition) is 0. The van der Waals surface area contributed by atoms with Gasteiger partial charge in [0.25, 0.3) is 0 Å². The minimum absolute atomic E-state index is 0.0307. The van der Waals surface area contributed by atoms with Crippen LogP contribution in [-0.2, 0) is 14.8 Å². The van der Waals surface area contributed by atoms with Crippen LogP contribution in [0.1, 0.15) is 29.9 Å². The molecule has 8 nitrogen and oxygen atoms in total. The van der Waals surface area contributed by atoms with Crippen LogP contribution in [0.2, 0.25) is 0 Å². The van der Waals surface area contributed by atoms with Crippen molar-refractivity contribution >= 4 is 28.1 Å². The third kappa shape index (κ3) is 5.06. The van der Waals surface area contributed by atoms with Crippen LogP contribution in [0.5, 0.6) is 0 Å². The zero-order valence-electron chi connectivity index (χ0n) is 19.2. The summed E-state index contributed by atoms with van der Waals surface area (Å²) in [5.41, 5.74) is 0.275. The normalized spacial score (nSPS) is 19.2. The predicted octanol–water partition coefficient (Wildman–Crippen LogP) is 2.61. The van der Waals surface area contributed by atoms with Gasteiger partial charge in [0.15, 0.2) is 10.7 Å². The summed E-state index contributed by atoms with van der Waals surface area (Å²) in [4.78, 5) is 16.8. The largest absolute Gasteiger partial charge is 0.355 e. The predicted molar refractivity (Wildman–Crippen MR) is 122 cm³/mol. The Morgan fingerprint density at radius 1 is 1.09 bits per heavy atom. The number of halogens is 2. The van der Waals surface area contributed by atoms with Gasteiger partial charge in [-0.3, -0.25) is 4.79 Å². The quantitative estimate of drug-likeness (QED) is 0.635. The second-order valence-corrected chi connectivity index (χ2v) is 10.6. The molecule has 4 rings (SSSR count). The molecule has 2 aromatic rings. The monoisotopic (exact) mass is 494 g/mol. The van der Waals surface area contributed by atoms with E-state index in [1.54, 1.807) is 0 Å². The number of likely N-dealkylation sites (N-methyl/N-ethyl adjacent to an activating group) is 1. The number of aryl methyl sites for hydroxylation is 1. The molecule has 0 radical (unpaired) electrons. The summed E-state index contributed by atoms with van der Waals surface area (Å²) in [6.07, 6.45) is 3.52. The van der Waals surface area contributed by atoms with Gasteiger partial charge in [-0.2, -0.15) is 4.31 Å². The van der Waals surface area contributed by atoms with Crippen molar-refractivity contribution in [2.75, 3.05) is 46.3 Å². The van der Waals surface area contributed by atoms with Crippen LogP contribution in [0.3, 0.4) is 0 Å². The zero-order valence-corrected chi connectivity index (χ0v) is 20.0. The molecule has 0 N–H and O–H groups in total. The maximum Gasteiger partial charge on any atom is 0.248 e. The minimum atomic E-state index is -3.94. The first kappa shape index (κ1) is 24.5. The summed E-state index contributed by atoms with van der Waals surface area (Å²) in [7, 11) is -1.92. The fourth-order valence-corrected chi connectivity index (χ4v) is 6.08. The molecule has 1 aromatic heterocycles.